The largest absolute Gasteiger partial charge is 0.476 e. The summed E-state index contributed by atoms with van der Waals surface area (Å²) in [5.41, 5.74) is -0.544. The summed E-state index contributed by atoms with van der Waals surface area (Å²) in [6, 6.07) is 2.19. The van der Waals surface area contributed by atoms with Crippen LogP contribution in [0.25, 0.3) is 0 Å². The topological polar surface area (TPSA) is 59.0 Å². The van der Waals surface area contributed by atoms with E-state index in [2.05, 4.69) is 20.2 Å². The number of halogens is 4. The number of ether oxygens (including phenoxy) is 2. The fourth-order valence-corrected chi connectivity index (χ4v) is 3.45. The number of aliphatic imine (C=N–C) groups is 1. The molecule has 3 heterocycles. The van der Waals surface area contributed by atoms with Crippen LogP contribution in [0.4, 0.5) is 13.2 Å². The second kappa shape index (κ2) is 9.95. The zero-order valence-electron chi connectivity index (χ0n) is 15.8. The smallest absolute Gasteiger partial charge is 0.417 e. The lowest BCUT2D eigenvalue weighted by atomic mass is 9.87. The summed E-state index contributed by atoms with van der Waals surface area (Å²) in [6.45, 7) is 6.93. The van der Waals surface area contributed by atoms with E-state index in [0.29, 0.717) is 6.54 Å². The zero-order valence-corrected chi connectivity index (χ0v) is 18.1. The first kappa shape index (κ1) is 23.0. The van der Waals surface area contributed by atoms with E-state index < -0.39 is 11.7 Å². The lowest BCUT2D eigenvalue weighted by Gasteiger charge is -2.24. The molecule has 6 nitrogen and oxygen atoms in total. The van der Waals surface area contributed by atoms with Crippen LogP contribution in [0.5, 0.6) is 5.88 Å². The van der Waals surface area contributed by atoms with E-state index in [-0.39, 0.29) is 41.9 Å². The van der Waals surface area contributed by atoms with Gasteiger partial charge in [-0.25, -0.2) is 9.98 Å². The van der Waals surface area contributed by atoms with Gasteiger partial charge in [0, 0.05) is 43.9 Å². The van der Waals surface area contributed by atoms with Crippen molar-refractivity contribution < 1.29 is 22.6 Å². The van der Waals surface area contributed by atoms with Crippen LogP contribution in [0.1, 0.15) is 25.3 Å². The standard InChI is InChI=1S/C18H25F3N4O2.HI/c1-2-22-16(25-8-5-17(12-25)6-9-26-13-17)23-7-10-27-15-4-3-14(11-24-15)18(19,20)21;/h3-4,11H,2,5-10,12-13H2,1H3,(H,22,23);1H. The third-order valence-electron chi connectivity index (χ3n) is 4.92. The van der Waals surface area contributed by atoms with Crippen molar-refractivity contribution in [3.05, 3.63) is 23.9 Å². The van der Waals surface area contributed by atoms with Gasteiger partial charge in [-0.1, -0.05) is 0 Å². The molecule has 0 bridgehead atoms. The maximum atomic E-state index is 12.5. The maximum absolute atomic E-state index is 12.5. The Morgan fingerprint density at radius 3 is 2.82 bits per heavy atom. The van der Waals surface area contributed by atoms with Crippen LogP contribution in [0, 0.1) is 5.41 Å². The lowest BCUT2D eigenvalue weighted by Crippen LogP contribution is -2.41. The Morgan fingerprint density at radius 1 is 1.39 bits per heavy atom. The van der Waals surface area contributed by atoms with Crippen molar-refractivity contribution in [2.45, 2.75) is 25.9 Å². The molecule has 3 rings (SSSR count). The van der Waals surface area contributed by atoms with Gasteiger partial charge in [-0.15, -0.1) is 24.0 Å². The number of hydrogen-bond donors (Lipinski definition) is 1. The van der Waals surface area contributed by atoms with E-state index in [1.165, 1.54) is 6.07 Å². The Kier molecular flexibility index (Phi) is 8.17. The number of nitrogens with one attached hydrogen (secondary N) is 1. The number of likely N-dealkylation sites (tertiary alicyclic amines) is 1. The highest BCUT2D eigenvalue weighted by Crippen LogP contribution is 2.38. The number of hydrogen-bond acceptors (Lipinski definition) is 4. The third-order valence-corrected chi connectivity index (χ3v) is 4.92. The van der Waals surface area contributed by atoms with Crippen molar-refractivity contribution in [2.75, 3.05) is 46.0 Å². The Hall–Kier alpha value is -1.30. The van der Waals surface area contributed by atoms with Crippen LogP contribution in [0.15, 0.2) is 23.3 Å². The Labute approximate surface area is 179 Å². The fraction of sp³-hybridized carbons (Fsp3) is 0.667. The van der Waals surface area contributed by atoms with Crippen LogP contribution in [-0.4, -0.2) is 61.8 Å². The van der Waals surface area contributed by atoms with Gasteiger partial charge < -0.3 is 19.7 Å². The first-order valence-electron chi connectivity index (χ1n) is 9.19. The average Bonchev–Trinajstić information content (AvgIpc) is 3.27. The van der Waals surface area contributed by atoms with Crippen molar-refractivity contribution in [1.29, 1.82) is 0 Å². The summed E-state index contributed by atoms with van der Waals surface area (Å²) in [4.78, 5) is 10.5. The molecule has 158 valence electrons. The maximum Gasteiger partial charge on any atom is 0.417 e. The van der Waals surface area contributed by atoms with Gasteiger partial charge in [0.1, 0.15) is 6.61 Å². The van der Waals surface area contributed by atoms with Crippen LogP contribution in [0.3, 0.4) is 0 Å². The highest BCUT2D eigenvalue weighted by Gasteiger charge is 2.42. The molecule has 28 heavy (non-hydrogen) atoms. The normalized spacial score (nSPS) is 22.4. The molecule has 10 heteroatoms. The summed E-state index contributed by atoms with van der Waals surface area (Å²) in [5.74, 6) is 0.997. The Bertz CT molecular complexity index is 649. The number of aromatic nitrogens is 1. The van der Waals surface area contributed by atoms with Gasteiger partial charge in [-0.3, -0.25) is 0 Å². The summed E-state index contributed by atoms with van der Waals surface area (Å²) in [5, 5.41) is 3.29. The van der Waals surface area contributed by atoms with Gasteiger partial charge in [-0.2, -0.15) is 13.2 Å². The van der Waals surface area contributed by atoms with E-state index in [0.717, 1.165) is 63.9 Å². The molecule has 2 aliphatic heterocycles. The van der Waals surface area contributed by atoms with Crippen molar-refractivity contribution >= 4 is 29.9 Å². The molecule has 2 saturated heterocycles. The molecule has 0 amide bonds. The minimum Gasteiger partial charge on any atom is -0.476 e. The van der Waals surface area contributed by atoms with E-state index in [4.69, 9.17) is 9.47 Å². The van der Waals surface area contributed by atoms with Crippen LogP contribution in [0.2, 0.25) is 0 Å². The quantitative estimate of drug-likeness (QED) is 0.283. The van der Waals surface area contributed by atoms with Gasteiger partial charge in [0.15, 0.2) is 5.96 Å². The summed E-state index contributed by atoms with van der Waals surface area (Å²) in [7, 11) is 0. The predicted molar refractivity (Wildman–Crippen MR) is 110 cm³/mol. The molecule has 0 saturated carbocycles. The first-order valence-corrected chi connectivity index (χ1v) is 9.19. The van der Waals surface area contributed by atoms with E-state index in [1.54, 1.807) is 0 Å². The number of nitrogens with zero attached hydrogens (tertiary/aromatic N) is 3. The van der Waals surface area contributed by atoms with Gasteiger partial charge in [0.25, 0.3) is 0 Å². The van der Waals surface area contributed by atoms with Gasteiger partial charge >= 0.3 is 6.18 Å². The fourth-order valence-electron chi connectivity index (χ4n) is 3.45. The van der Waals surface area contributed by atoms with Crippen molar-refractivity contribution in [1.82, 2.24) is 15.2 Å². The SMILES string of the molecule is CCNC(=NCCOc1ccc(C(F)(F)F)cn1)N1CCC2(CCOC2)C1.I. The highest BCUT2D eigenvalue weighted by molar-refractivity contribution is 14.0. The highest BCUT2D eigenvalue weighted by atomic mass is 127. The molecule has 1 unspecified atom stereocenters. The molecule has 0 aliphatic carbocycles. The van der Waals surface area contributed by atoms with Crippen LogP contribution >= 0.6 is 24.0 Å². The minimum absolute atomic E-state index is 0. The Morgan fingerprint density at radius 2 is 2.21 bits per heavy atom. The molecule has 2 aliphatic rings. The Balaban J connectivity index is 0.00000280. The van der Waals surface area contributed by atoms with Gasteiger partial charge in [-0.05, 0) is 25.8 Å². The summed E-state index contributed by atoms with van der Waals surface area (Å²) in [6.07, 6.45) is -1.43. The summed E-state index contributed by atoms with van der Waals surface area (Å²) >= 11 is 0. The molecule has 1 spiro atoms. The first-order chi connectivity index (χ1) is 12.9. The van der Waals surface area contributed by atoms with Crippen LogP contribution < -0.4 is 10.1 Å². The minimum atomic E-state index is -4.39. The molecule has 2 fully saturated rings. The van der Waals surface area contributed by atoms with Crippen LogP contribution in [-0.2, 0) is 10.9 Å². The lowest BCUT2D eigenvalue weighted by molar-refractivity contribution is -0.137. The number of alkyl halides is 3. The molecular formula is C18H26F3IN4O2. The molecule has 1 aromatic heterocycles. The van der Waals surface area contributed by atoms with Crippen molar-refractivity contribution in [3.63, 3.8) is 0 Å². The second-order valence-corrected chi connectivity index (χ2v) is 6.94. The molecule has 1 aromatic rings. The zero-order chi connectivity index (χ0) is 19.3. The van der Waals surface area contributed by atoms with Gasteiger partial charge in [0.05, 0.1) is 18.7 Å². The van der Waals surface area contributed by atoms with Gasteiger partial charge in [0.2, 0.25) is 5.88 Å². The molecule has 1 atom stereocenters. The van der Waals surface area contributed by atoms with E-state index in [9.17, 15) is 13.2 Å². The molecular weight excluding hydrogens is 488 g/mol. The molecule has 0 aromatic carbocycles. The monoisotopic (exact) mass is 514 g/mol. The van der Waals surface area contributed by atoms with E-state index in [1.807, 2.05) is 6.92 Å². The van der Waals surface area contributed by atoms with Crippen molar-refractivity contribution in [3.8, 4) is 5.88 Å². The predicted octanol–water partition coefficient (Wildman–Crippen LogP) is 3.18. The second-order valence-electron chi connectivity index (χ2n) is 6.94. The third kappa shape index (κ3) is 5.85. The molecule has 1 N–H and O–H groups in total. The number of pyridine rings is 1. The van der Waals surface area contributed by atoms with Crippen molar-refractivity contribution in [2.24, 2.45) is 10.4 Å². The number of guanidine groups is 1. The number of rotatable bonds is 5. The van der Waals surface area contributed by atoms with E-state index >= 15 is 0 Å². The summed E-state index contributed by atoms with van der Waals surface area (Å²) < 4.78 is 48.6. The molecule has 0 radical (unpaired) electrons. The average molecular weight is 514 g/mol.